The number of methoxy groups -OCH3 is 1. The van der Waals surface area contributed by atoms with Crippen molar-refractivity contribution in [1.29, 1.82) is 0 Å². The van der Waals surface area contributed by atoms with Crippen LogP contribution in [0.15, 0.2) is 34.3 Å². The molecule has 0 aliphatic carbocycles. The third kappa shape index (κ3) is 31.4. The second-order valence-corrected chi connectivity index (χ2v) is 28.0. The van der Waals surface area contributed by atoms with Crippen LogP contribution >= 0.6 is 0 Å². The lowest BCUT2D eigenvalue weighted by Gasteiger charge is -2.35. The van der Waals surface area contributed by atoms with Gasteiger partial charge in [-0.1, -0.05) is 67.5 Å². The van der Waals surface area contributed by atoms with E-state index in [0.29, 0.717) is 6.42 Å². The average molecular weight is 1520 g/mol. The first-order chi connectivity index (χ1) is 49.6. The lowest BCUT2D eigenvalue weighted by Crippen LogP contribution is -2.64. The number of hydrogen-bond donors (Lipinski definition) is 21. The molecule has 107 heavy (non-hydrogen) atoms. The second-order valence-electron chi connectivity index (χ2n) is 28.0. The number of primary amides is 2. The van der Waals surface area contributed by atoms with Gasteiger partial charge in [0.05, 0.1) is 30.3 Å². The zero-order valence-electron chi connectivity index (χ0n) is 63.7. The van der Waals surface area contributed by atoms with Crippen molar-refractivity contribution < 1.29 is 103 Å². The normalized spacial score (nSPS) is 17.0. The summed E-state index contributed by atoms with van der Waals surface area (Å²) in [5.41, 5.74) is 33.4. The molecule has 12 amide bonds. The minimum absolute atomic E-state index is 0.0188. The number of aliphatic hydroxyl groups is 5. The van der Waals surface area contributed by atoms with Crippen LogP contribution in [0.5, 0.6) is 5.75 Å². The third-order valence-corrected chi connectivity index (χ3v) is 18.2. The van der Waals surface area contributed by atoms with Crippen molar-refractivity contribution in [3.63, 3.8) is 0 Å². The van der Waals surface area contributed by atoms with Gasteiger partial charge in [0.2, 0.25) is 65.0 Å². The summed E-state index contributed by atoms with van der Waals surface area (Å²) in [4.78, 5) is 189. The molecule has 0 heterocycles. The highest BCUT2D eigenvalue weighted by Gasteiger charge is 2.44. The van der Waals surface area contributed by atoms with Gasteiger partial charge in [0, 0.05) is 46.6 Å². The van der Waals surface area contributed by atoms with E-state index in [0.717, 1.165) is 37.7 Å². The highest BCUT2D eigenvalue weighted by Crippen LogP contribution is 2.27. The Morgan fingerprint density at radius 1 is 0.495 bits per heavy atom. The Morgan fingerprint density at radius 2 is 0.972 bits per heavy atom. The molecule has 39 heteroatoms. The van der Waals surface area contributed by atoms with Gasteiger partial charge in [0.1, 0.15) is 72.3 Å². The van der Waals surface area contributed by atoms with Crippen molar-refractivity contribution >= 4 is 88.8 Å². The molecule has 0 spiro atoms. The molecule has 39 nitrogen and oxygen atoms in total. The van der Waals surface area contributed by atoms with Crippen molar-refractivity contribution in [2.75, 3.05) is 34.3 Å². The van der Waals surface area contributed by atoms with Gasteiger partial charge in [-0.3, -0.25) is 67.5 Å². The molecule has 1 aromatic carbocycles. The fourth-order valence-electron chi connectivity index (χ4n) is 11.4. The number of ether oxygens (including phenoxy) is 1. The van der Waals surface area contributed by atoms with E-state index in [4.69, 9.17) is 39.1 Å². The summed E-state index contributed by atoms with van der Waals surface area (Å²) < 4.78 is 5.68. The number of carboxylic acids is 1. The summed E-state index contributed by atoms with van der Waals surface area (Å²) >= 11 is 0. The molecule has 20 atom stereocenters. The van der Waals surface area contributed by atoms with Crippen molar-refractivity contribution in [2.24, 2.45) is 79.9 Å². The van der Waals surface area contributed by atoms with Gasteiger partial charge < -0.3 is 127 Å². The summed E-state index contributed by atoms with van der Waals surface area (Å²) in [6.45, 7) is 17.4. The first-order valence-electron chi connectivity index (χ1n) is 35.2. The molecule has 5 unspecified atom stereocenters. The Morgan fingerprint density at radius 3 is 1.44 bits per heavy atom. The molecule has 0 radical (unpaired) electrons. The zero-order valence-corrected chi connectivity index (χ0v) is 63.7. The fraction of sp³-hybridized carbons (Fsp3) is 0.691. The number of benzene rings is 1. The van der Waals surface area contributed by atoms with Gasteiger partial charge in [-0.15, -0.1) is 0 Å². The first kappa shape index (κ1) is 95.4. The summed E-state index contributed by atoms with van der Waals surface area (Å²) in [6.07, 6.45) is -12.1. The number of hydrogen-bond acceptors (Lipinski definition) is 22. The van der Waals surface area contributed by atoms with Crippen molar-refractivity contribution in [3.8, 4) is 5.75 Å². The van der Waals surface area contributed by atoms with Crippen LogP contribution in [-0.2, 0) is 67.1 Å². The number of phenols is 1. The molecule has 0 fully saturated rings. The molecule has 0 aliphatic rings. The van der Waals surface area contributed by atoms with Gasteiger partial charge in [-0.2, -0.15) is 0 Å². The Kier molecular flexibility index (Phi) is 40.9. The lowest BCUT2D eigenvalue weighted by molar-refractivity contribution is -0.152. The number of phenolic OH excluding ortho intramolecular Hbond substituents is 1. The van der Waals surface area contributed by atoms with E-state index in [-0.39, 0.29) is 80.3 Å². The molecule has 0 aromatic heterocycles. The number of carbonyl (C=O) groups excluding carboxylic acids is 12. The molecule has 0 saturated heterocycles. The minimum atomic E-state index is -2.51. The van der Waals surface area contributed by atoms with Gasteiger partial charge in [0.15, 0.2) is 18.0 Å². The van der Waals surface area contributed by atoms with Gasteiger partial charge in [-0.05, 0) is 114 Å². The highest BCUT2D eigenvalue weighted by atomic mass is 16.5. The number of aliphatic imine (C=N–C) groups is 2. The SMILES string of the molecule is COC(c1ccc(O)cc1)C(NC(=O)[C@H](CCC(N)=O)N(C)C(=O)[C@H](CC(C)C)NC(=O)[C@@H](CCCN=C(N)N)NC(=O)[C@@H](NC(=O)C(NC(=O)C(NC(=O)[C@H](O)[C@H](O)[C@H](CCCN=C(N)N)NC(=O)[C@H](C)NC(=O)[C@H](C)[C@H](O)[C@@H](C)CC(C)C)[C@@H](C)[C@@H](C)C(N)=O)[C@@H](C)O)C(C)O)C(=O)N(C)[C@@H](C)C(=O)O. The fourth-order valence-corrected chi connectivity index (χ4v) is 11.4. The largest absolute Gasteiger partial charge is 0.508 e. The second kappa shape index (κ2) is 45.8. The van der Waals surface area contributed by atoms with Crippen LogP contribution < -0.4 is 76.9 Å². The maximum absolute atomic E-state index is 14.9. The number of carboxylic acid groups (broad SMARTS) is 1. The quantitative estimate of drug-likeness (QED) is 0.0164. The Bertz CT molecular complexity index is 3210. The number of aliphatic hydroxyl groups excluding tert-OH is 5. The van der Waals surface area contributed by atoms with E-state index in [1.807, 2.05) is 13.8 Å². The summed E-state index contributed by atoms with van der Waals surface area (Å²) in [7, 11) is 3.50. The molecule has 606 valence electrons. The molecule has 1 aromatic rings. The highest BCUT2D eigenvalue weighted by molar-refractivity contribution is 5.99. The minimum Gasteiger partial charge on any atom is -0.508 e. The van der Waals surface area contributed by atoms with Gasteiger partial charge in [0.25, 0.3) is 5.91 Å². The van der Waals surface area contributed by atoms with Gasteiger partial charge >= 0.3 is 5.97 Å². The molecule has 0 saturated carbocycles. The Hall–Kier alpha value is -9.57. The van der Waals surface area contributed by atoms with E-state index in [9.17, 15) is 98.1 Å². The van der Waals surface area contributed by atoms with Crippen LogP contribution in [0, 0.1) is 35.5 Å². The number of carbonyl (C=O) groups is 13. The van der Waals surface area contributed by atoms with Crippen LogP contribution in [0.25, 0.3) is 0 Å². The van der Waals surface area contributed by atoms with Crippen molar-refractivity contribution in [2.45, 2.75) is 231 Å². The Balaban J connectivity index is 3.82. The van der Waals surface area contributed by atoms with E-state index >= 15 is 0 Å². The van der Waals surface area contributed by atoms with E-state index in [1.165, 1.54) is 66.0 Å². The summed E-state index contributed by atoms with van der Waals surface area (Å²) in [5, 5.41) is 95.3. The van der Waals surface area contributed by atoms with Crippen LogP contribution in [0.1, 0.15) is 146 Å². The number of nitrogens with two attached hydrogens (primary N) is 6. The molecular formula is C68H118N18O21. The average Bonchev–Trinajstić information content (AvgIpc) is 0.804. The topological polar surface area (TPSA) is 656 Å². The number of aliphatic carboxylic acids is 1. The molecule has 0 aliphatic heterocycles. The Labute approximate surface area is 623 Å². The maximum Gasteiger partial charge on any atom is 0.326 e. The van der Waals surface area contributed by atoms with Crippen LogP contribution in [0.2, 0.25) is 0 Å². The van der Waals surface area contributed by atoms with E-state index in [1.54, 1.807) is 20.8 Å². The maximum atomic E-state index is 14.9. The van der Waals surface area contributed by atoms with Crippen LogP contribution in [-0.4, -0.2) is 260 Å². The lowest BCUT2D eigenvalue weighted by atomic mass is 9.87. The predicted octanol–water partition coefficient (Wildman–Crippen LogP) is -5.92. The van der Waals surface area contributed by atoms with Crippen LogP contribution in [0.4, 0.5) is 0 Å². The zero-order chi connectivity index (χ0) is 82.3. The number of rotatable bonds is 48. The number of likely N-dealkylation sites (N-methyl/N-ethyl adjacent to an activating group) is 2. The number of nitrogens with zero attached hydrogens (tertiary/aromatic N) is 4. The molecule has 27 N–H and O–H groups in total. The smallest absolute Gasteiger partial charge is 0.326 e. The number of amides is 12. The molecule has 1 rings (SSSR count). The van der Waals surface area contributed by atoms with E-state index in [2.05, 4.69) is 52.5 Å². The third-order valence-electron chi connectivity index (χ3n) is 18.2. The monoisotopic (exact) mass is 1520 g/mol. The van der Waals surface area contributed by atoms with Gasteiger partial charge in [-0.25, -0.2) is 4.79 Å². The van der Waals surface area contributed by atoms with Crippen LogP contribution in [0.3, 0.4) is 0 Å². The van der Waals surface area contributed by atoms with E-state index < -0.39 is 210 Å². The first-order valence-corrected chi connectivity index (χ1v) is 35.2. The van der Waals surface area contributed by atoms with Crippen molar-refractivity contribution in [3.05, 3.63) is 29.8 Å². The summed E-state index contributed by atoms with van der Waals surface area (Å²) in [6, 6.07) is -11.8. The number of guanidine groups is 2. The number of aromatic hydroxyl groups is 1. The standard InChI is InChI=1S/C68H118N18O21/c1-30(2)28-32(5)51(91)35(8)56(95)77-36(9)57(96)78-42(18-16-26-75-67(71)72)52(92)53(93)63(102)81-47(33(6)34(7)55(70)94)60(99)82-49(39(12)88)62(101)83-48(38(11)87)61(100)79-43(19-17-27-76-68(73)74)58(97)80-44(29-31(3)4)64(103)86(14)45(24-25-46(69)90)59(98)84-50(65(104)85(13)37(10)66(105)106)54(107-15)40-20-22-41(89)23-21-40/h20-23,30-39,42-45,47-54,87-89,91-93H,16-19,24-29H2,1-15H3,(H2,69,90)(H2,70,94)(H,77,95)(H,78,96)(H,79,100)(H,80,97)(H,81,102)(H,82,99)(H,83,101)(H,84,98)(H,105,106)(H4,71,72,75)(H4,73,74,76)/t32-,33-,34+,35+,36-,37-,38?,39+,42-,43+,44-,45-,47?,48-,49?,50?,51+,52+,53+,54?/m0/s1. The predicted molar refractivity (Wildman–Crippen MR) is 390 cm³/mol. The summed E-state index contributed by atoms with van der Waals surface area (Å²) in [5.74, 6) is -19.4. The number of nitrogens with one attached hydrogen (secondary N) is 8. The molecule has 0 bridgehead atoms. The van der Waals surface area contributed by atoms with Crippen molar-refractivity contribution in [1.82, 2.24) is 52.3 Å². The molecular weight excluding hydrogens is 1400 g/mol.